The van der Waals surface area contributed by atoms with Gasteiger partial charge in [0.2, 0.25) is 0 Å². The molecule has 7 heteroatoms. The van der Waals surface area contributed by atoms with E-state index in [4.69, 9.17) is 16.3 Å². The van der Waals surface area contributed by atoms with Crippen molar-refractivity contribution < 1.29 is 14.3 Å². The Labute approximate surface area is 155 Å². The van der Waals surface area contributed by atoms with E-state index in [1.165, 1.54) is 25.8 Å². The lowest BCUT2D eigenvalue weighted by atomic mass is 9.94. The predicted molar refractivity (Wildman–Crippen MR) is 99.2 cm³/mol. The molecule has 0 spiro atoms. The van der Waals surface area contributed by atoms with Crippen LogP contribution in [0.5, 0.6) is 0 Å². The minimum absolute atomic E-state index is 0.0215. The lowest BCUT2D eigenvalue weighted by molar-refractivity contribution is -0.136. The van der Waals surface area contributed by atoms with Gasteiger partial charge in [-0.15, -0.1) is 0 Å². The monoisotopic (exact) mass is 376 g/mol. The SMILES string of the molecule is COC(=O)C1=C(C)N=C2SC(C(C)=O)=C(C)N2C1c1ccc(Cl)cc1. The normalized spacial score (nSPS) is 19.8. The molecule has 0 fully saturated rings. The maximum Gasteiger partial charge on any atom is 0.338 e. The van der Waals surface area contributed by atoms with Crippen molar-refractivity contribution in [2.75, 3.05) is 7.11 Å². The fraction of sp³-hybridized carbons (Fsp3) is 0.278. The Morgan fingerprint density at radius 3 is 2.44 bits per heavy atom. The number of fused-ring (bicyclic) bond motifs is 1. The topological polar surface area (TPSA) is 59.0 Å². The van der Waals surface area contributed by atoms with Gasteiger partial charge in [-0.25, -0.2) is 9.79 Å². The summed E-state index contributed by atoms with van der Waals surface area (Å²) in [6.45, 7) is 5.18. The number of allylic oxidation sites excluding steroid dienone is 3. The molecule has 1 atom stereocenters. The first kappa shape index (κ1) is 17.8. The second-order valence-corrected chi connectivity index (χ2v) is 7.20. The maximum absolute atomic E-state index is 12.4. The van der Waals surface area contributed by atoms with Crippen molar-refractivity contribution >= 4 is 40.3 Å². The van der Waals surface area contributed by atoms with Crippen LogP contribution in [0.4, 0.5) is 0 Å². The van der Waals surface area contributed by atoms with Crippen molar-refractivity contribution in [2.24, 2.45) is 4.99 Å². The number of ketones is 1. The minimum Gasteiger partial charge on any atom is -0.466 e. The first-order valence-electron chi connectivity index (χ1n) is 7.67. The number of esters is 1. The van der Waals surface area contributed by atoms with Crippen LogP contribution in [0.15, 0.2) is 51.1 Å². The lowest BCUT2D eigenvalue weighted by Crippen LogP contribution is -2.35. The molecule has 1 aromatic carbocycles. The van der Waals surface area contributed by atoms with Crippen LogP contribution in [0.1, 0.15) is 32.4 Å². The number of hydrogen-bond acceptors (Lipinski definition) is 6. The summed E-state index contributed by atoms with van der Waals surface area (Å²) in [6.07, 6.45) is 0. The van der Waals surface area contributed by atoms with Gasteiger partial charge in [-0.05, 0) is 50.2 Å². The van der Waals surface area contributed by atoms with Gasteiger partial charge >= 0.3 is 5.97 Å². The van der Waals surface area contributed by atoms with Crippen LogP contribution in [-0.4, -0.2) is 28.9 Å². The molecule has 0 radical (unpaired) electrons. The number of aliphatic imine (C=N–C) groups is 1. The number of Topliss-reactive ketones (excluding diaryl/α,β-unsaturated/α-hetero) is 1. The van der Waals surface area contributed by atoms with Crippen molar-refractivity contribution in [3.8, 4) is 0 Å². The van der Waals surface area contributed by atoms with Gasteiger partial charge in [0, 0.05) is 10.7 Å². The third-order valence-corrected chi connectivity index (χ3v) is 5.69. The number of benzene rings is 1. The van der Waals surface area contributed by atoms with E-state index < -0.39 is 12.0 Å². The van der Waals surface area contributed by atoms with E-state index >= 15 is 0 Å². The van der Waals surface area contributed by atoms with E-state index in [1.807, 2.05) is 24.0 Å². The molecule has 3 rings (SSSR count). The summed E-state index contributed by atoms with van der Waals surface area (Å²) in [4.78, 5) is 31.5. The molecule has 0 bridgehead atoms. The largest absolute Gasteiger partial charge is 0.466 e. The molecule has 0 saturated heterocycles. The number of carbonyl (C=O) groups is 2. The summed E-state index contributed by atoms with van der Waals surface area (Å²) in [5, 5.41) is 1.30. The molecule has 130 valence electrons. The molecule has 0 aromatic heterocycles. The summed E-state index contributed by atoms with van der Waals surface area (Å²) in [5.41, 5.74) is 2.70. The van der Waals surface area contributed by atoms with Crippen molar-refractivity contribution in [3.05, 3.63) is 56.7 Å². The first-order valence-corrected chi connectivity index (χ1v) is 8.86. The third kappa shape index (κ3) is 3.00. The molecule has 2 aliphatic rings. The van der Waals surface area contributed by atoms with Crippen molar-refractivity contribution in [1.29, 1.82) is 0 Å². The van der Waals surface area contributed by atoms with Crippen LogP contribution in [0, 0.1) is 0 Å². The summed E-state index contributed by atoms with van der Waals surface area (Å²) < 4.78 is 4.98. The molecular weight excluding hydrogens is 360 g/mol. The zero-order valence-corrected chi connectivity index (χ0v) is 15.9. The number of rotatable bonds is 3. The van der Waals surface area contributed by atoms with Crippen LogP contribution in [0.2, 0.25) is 5.02 Å². The highest BCUT2D eigenvalue weighted by atomic mass is 35.5. The van der Waals surface area contributed by atoms with Gasteiger partial charge in [0.15, 0.2) is 11.0 Å². The molecule has 0 N–H and O–H groups in total. The highest BCUT2D eigenvalue weighted by molar-refractivity contribution is 8.18. The van der Waals surface area contributed by atoms with E-state index in [9.17, 15) is 9.59 Å². The van der Waals surface area contributed by atoms with Crippen LogP contribution in [-0.2, 0) is 14.3 Å². The average molecular weight is 377 g/mol. The Morgan fingerprint density at radius 1 is 1.24 bits per heavy atom. The number of thioether (sulfide) groups is 1. The predicted octanol–water partition coefficient (Wildman–Crippen LogP) is 4.07. The quantitative estimate of drug-likeness (QED) is 0.744. The van der Waals surface area contributed by atoms with E-state index in [0.717, 1.165) is 11.3 Å². The first-order chi connectivity index (χ1) is 11.8. The highest BCUT2D eigenvalue weighted by Gasteiger charge is 2.42. The Morgan fingerprint density at radius 2 is 1.88 bits per heavy atom. The molecule has 25 heavy (non-hydrogen) atoms. The fourth-order valence-electron chi connectivity index (χ4n) is 3.04. The summed E-state index contributed by atoms with van der Waals surface area (Å²) >= 11 is 7.34. The number of halogens is 1. The van der Waals surface area contributed by atoms with Gasteiger partial charge in [-0.3, -0.25) is 4.79 Å². The zero-order valence-electron chi connectivity index (χ0n) is 14.3. The number of amidine groups is 1. The van der Waals surface area contributed by atoms with Gasteiger partial charge < -0.3 is 9.64 Å². The fourth-order valence-corrected chi connectivity index (χ4v) is 4.26. The Balaban J connectivity index is 2.20. The maximum atomic E-state index is 12.4. The van der Waals surface area contributed by atoms with E-state index in [0.29, 0.717) is 26.4 Å². The summed E-state index contributed by atoms with van der Waals surface area (Å²) in [6, 6.07) is 6.88. The number of hydrogen-bond donors (Lipinski definition) is 0. The summed E-state index contributed by atoms with van der Waals surface area (Å²) in [7, 11) is 1.35. The number of carbonyl (C=O) groups excluding carboxylic acids is 2. The molecule has 5 nitrogen and oxygen atoms in total. The third-order valence-electron chi connectivity index (χ3n) is 4.18. The Hall–Kier alpha value is -2.05. The van der Waals surface area contributed by atoms with Crippen molar-refractivity contribution in [1.82, 2.24) is 4.90 Å². The molecule has 0 amide bonds. The standard InChI is InChI=1S/C18H17ClN2O3S/c1-9-14(17(23)24-4)15(12-5-7-13(19)8-6-12)21-10(2)16(11(3)22)25-18(21)20-9/h5-8,15H,1-4H3. The molecule has 0 saturated carbocycles. The molecule has 2 aliphatic heterocycles. The van der Waals surface area contributed by atoms with Gasteiger partial charge in [-0.2, -0.15) is 0 Å². The Bertz CT molecular complexity index is 856. The van der Waals surface area contributed by atoms with E-state index in [-0.39, 0.29) is 5.78 Å². The van der Waals surface area contributed by atoms with E-state index in [2.05, 4.69) is 4.99 Å². The molecule has 2 heterocycles. The Kier molecular flexibility index (Phi) is 4.75. The van der Waals surface area contributed by atoms with Gasteiger partial charge in [-0.1, -0.05) is 23.7 Å². The van der Waals surface area contributed by atoms with Crippen LogP contribution in [0.25, 0.3) is 0 Å². The second kappa shape index (κ2) is 6.69. The molecule has 0 aliphatic carbocycles. The second-order valence-electron chi connectivity index (χ2n) is 5.78. The molecule has 1 aromatic rings. The van der Waals surface area contributed by atoms with Crippen LogP contribution >= 0.6 is 23.4 Å². The van der Waals surface area contributed by atoms with Gasteiger partial charge in [0.05, 0.1) is 29.3 Å². The average Bonchev–Trinajstić information content (AvgIpc) is 2.90. The zero-order chi connectivity index (χ0) is 18.3. The minimum atomic E-state index is -0.436. The van der Waals surface area contributed by atoms with Gasteiger partial charge in [0.1, 0.15) is 0 Å². The van der Waals surface area contributed by atoms with Gasteiger partial charge in [0.25, 0.3) is 0 Å². The highest BCUT2D eigenvalue weighted by Crippen LogP contribution is 2.47. The number of ether oxygens (including phenoxy) is 1. The number of nitrogens with zero attached hydrogens (tertiary/aromatic N) is 2. The summed E-state index contributed by atoms with van der Waals surface area (Å²) in [5.74, 6) is -0.457. The van der Waals surface area contributed by atoms with E-state index in [1.54, 1.807) is 19.1 Å². The van der Waals surface area contributed by atoms with Crippen LogP contribution < -0.4 is 0 Å². The smallest absolute Gasteiger partial charge is 0.338 e. The van der Waals surface area contributed by atoms with Crippen LogP contribution in [0.3, 0.4) is 0 Å². The lowest BCUT2D eigenvalue weighted by Gasteiger charge is -2.35. The molecule has 1 unspecified atom stereocenters. The molecular formula is C18H17ClN2O3S. The van der Waals surface area contributed by atoms with Crippen molar-refractivity contribution in [2.45, 2.75) is 26.8 Å². The number of methoxy groups -OCH3 is 1. The van der Waals surface area contributed by atoms with Crippen molar-refractivity contribution in [3.63, 3.8) is 0 Å².